The van der Waals surface area contributed by atoms with Crippen LogP contribution < -0.4 is 5.32 Å². The molecule has 6 heteroatoms. The lowest BCUT2D eigenvalue weighted by Gasteiger charge is -2.10. The molecule has 1 amide bonds. The van der Waals surface area contributed by atoms with Crippen molar-refractivity contribution < 1.29 is 24.5 Å². The number of aryl methyl sites for hydroxylation is 1. The molecule has 0 radical (unpaired) electrons. The van der Waals surface area contributed by atoms with Gasteiger partial charge in [0.25, 0.3) is 0 Å². The van der Waals surface area contributed by atoms with E-state index in [9.17, 15) is 19.8 Å². The second kappa shape index (κ2) is 10.2. The number of ether oxygens (including phenoxy) is 1. The smallest absolute Gasteiger partial charge is 0.305 e. The molecule has 0 unspecified atom stereocenters. The molecule has 25 heavy (non-hydrogen) atoms. The average Bonchev–Trinajstić information content (AvgIpc) is 2.55. The van der Waals surface area contributed by atoms with Crippen LogP contribution in [0.3, 0.4) is 0 Å². The highest BCUT2D eigenvalue weighted by Gasteiger charge is 2.12. The van der Waals surface area contributed by atoms with Crippen molar-refractivity contribution in [2.75, 3.05) is 12.4 Å². The van der Waals surface area contributed by atoms with E-state index in [0.29, 0.717) is 11.5 Å². The van der Waals surface area contributed by atoms with Crippen LogP contribution in [0.25, 0.3) is 0 Å². The van der Waals surface area contributed by atoms with Crippen LogP contribution in [0.4, 0.5) is 5.69 Å². The summed E-state index contributed by atoms with van der Waals surface area (Å²) in [6, 6.07) is 2.57. The number of aromatic hydroxyl groups is 2. The molecule has 0 atom stereocenters. The summed E-state index contributed by atoms with van der Waals surface area (Å²) in [6.07, 6.45) is 7.96. The molecule has 0 saturated heterocycles. The highest BCUT2D eigenvalue weighted by molar-refractivity contribution is 6.00. The Morgan fingerprint density at radius 3 is 2.56 bits per heavy atom. The summed E-state index contributed by atoms with van der Waals surface area (Å²) in [6.45, 7) is 4.21. The van der Waals surface area contributed by atoms with E-state index in [0.717, 1.165) is 12.5 Å². The molecule has 0 heterocycles. The van der Waals surface area contributed by atoms with Gasteiger partial charge in [-0.15, -0.1) is 0 Å². The van der Waals surface area contributed by atoms with Crippen molar-refractivity contribution >= 4 is 17.6 Å². The standard InChI is InChI=1S/C19H25NO5/c1-13(2)7-5-4-6-8-18(23)20-15-11-14(9-10-19(24)25-3)16(21)12-17(15)22/h4-6,8,11-13,21-22H,7,9-10H2,1-3H3,(H,20,23). The molecule has 6 nitrogen and oxygen atoms in total. The molecule has 0 spiro atoms. The van der Waals surface area contributed by atoms with Crippen molar-refractivity contribution in [2.45, 2.75) is 33.1 Å². The number of carbonyl (C=O) groups excluding carboxylic acids is 2. The lowest BCUT2D eigenvalue weighted by Crippen LogP contribution is -2.08. The normalized spacial score (nSPS) is 11.4. The van der Waals surface area contributed by atoms with Gasteiger partial charge in [-0.25, -0.2) is 0 Å². The van der Waals surface area contributed by atoms with Gasteiger partial charge in [-0.05, 0) is 30.4 Å². The Balaban J connectivity index is 2.73. The molecular formula is C19H25NO5. The zero-order valence-electron chi connectivity index (χ0n) is 14.8. The molecule has 1 rings (SSSR count). The third kappa shape index (κ3) is 7.56. The number of benzene rings is 1. The number of anilines is 1. The average molecular weight is 347 g/mol. The van der Waals surface area contributed by atoms with E-state index >= 15 is 0 Å². The topological polar surface area (TPSA) is 95.9 Å². The van der Waals surface area contributed by atoms with E-state index in [1.165, 1.54) is 19.3 Å². The number of nitrogens with one attached hydrogen (secondary N) is 1. The Morgan fingerprint density at radius 1 is 1.20 bits per heavy atom. The summed E-state index contributed by atoms with van der Waals surface area (Å²) in [7, 11) is 1.28. The highest BCUT2D eigenvalue weighted by atomic mass is 16.5. The van der Waals surface area contributed by atoms with E-state index in [1.54, 1.807) is 12.2 Å². The van der Waals surface area contributed by atoms with Crippen LogP contribution in [0.1, 0.15) is 32.3 Å². The lowest BCUT2D eigenvalue weighted by molar-refractivity contribution is -0.140. The summed E-state index contributed by atoms with van der Waals surface area (Å²) in [5, 5.41) is 22.2. The first-order valence-electron chi connectivity index (χ1n) is 8.09. The Labute approximate surface area is 147 Å². The molecule has 1 aromatic carbocycles. The fraction of sp³-hybridized carbons (Fsp3) is 0.368. The van der Waals surface area contributed by atoms with Gasteiger partial charge in [0, 0.05) is 18.6 Å². The second-order valence-electron chi connectivity index (χ2n) is 5.98. The van der Waals surface area contributed by atoms with E-state index in [1.807, 2.05) is 6.08 Å². The number of rotatable bonds is 8. The molecule has 0 aliphatic rings. The first-order chi connectivity index (χ1) is 11.8. The van der Waals surface area contributed by atoms with Crippen LogP contribution in [0.15, 0.2) is 36.4 Å². The van der Waals surface area contributed by atoms with Crippen LogP contribution in [-0.2, 0) is 20.7 Å². The Hall–Kier alpha value is -2.76. The summed E-state index contributed by atoms with van der Waals surface area (Å²) in [5.41, 5.74) is 0.595. The van der Waals surface area contributed by atoms with Crippen LogP contribution in [0.2, 0.25) is 0 Å². The van der Waals surface area contributed by atoms with Crippen LogP contribution in [0.5, 0.6) is 11.5 Å². The van der Waals surface area contributed by atoms with E-state index in [2.05, 4.69) is 23.9 Å². The van der Waals surface area contributed by atoms with Crippen molar-refractivity contribution in [1.82, 2.24) is 0 Å². The molecule has 3 N–H and O–H groups in total. The zero-order valence-corrected chi connectivity index (χ0v) is 14.8. The minimum atomic E-state index is -0.408. The number of esters is 1. The van der Waals surface area contributed by atoms with Gasteiger partial charge in [0.1, 0.15) is 11.5 Å². The SMILES string of the molecule is COC(=O)CCc1cc(NC(=O)C=CC=CCC(C)C)c(O)cc1O. The van der Waals surface area contributed by atoms with Crippen molar-refractivity contribution in [3.05, 3.63) is 42.0 Å². The summed E-state index contributed by atoms with van der Waals surface area (Å²) >= 11 is 0. The minimum Gasteiger partial charge on any atom is -0.508 e. The van der Waals surface area contributed by atoms with E-state index in [-0.39, 0.29) is 30.0 Å². The number of amides is 1. The number of phenols is 2. The van der Waals surface area contributed by atoms with Crippen molar-refractivity contribution in [2.24, 2.45) is 5.92 Å². The van der Waals surface area contributed by atoms with Gasteiger partial charge < -0.3 is 20.3 Å². The summed E-state index contributed by atoms with van der Waals surface area (Å²) < 4.78 is 4.55. The first kappa shape index (κ1) is 20.3. The fourth-order valence-corrected chi connectivity index (χ4v) is 2.01. The zero-order chi connectivity index (χ0) is 18.8. The number of hydrogen-bond donors (Lipinski definition) is 3. The van der Waals surface area contributed by atoms with Gasteiger partial charge >= 0.3 is 5.97 Å². The van der Waals surface area contributed by atoms with Gasteiger partial charge in [-0.3, -0.25) is 9.59 Å². The van der Waals surface area contributed by atoms with Crippen LogP contribution in [0, 0.1) is 5.92 Å². The lowest BCUT2D eigenvalue weighted by atomic mass is 10.1. The molecule has 136 valence electrons. The predicted octanol–water partition coefficient (Wildman–Crippen LogP) is 3.30. The number of allylic oxidation sites excluding steroid dienone is 3. The second-order valence-corrected chi connectivity index (χ2v) is 5.98. The van der Waals surface area contributed by atoms with Gasteiger partial charge in [0.2, 0.25) is 5.91 Å². The van der Waals surface area contributed by atoms with Gasteiger partial charge in [-0.2, -0.15) is 0 Å². The maximum atomic E-state index is 11.9. The first-order valence-corrected chi connectivity index (χ1v) is 8.09. The Kier molecular flexibility index (Phi) is 8.26. The maximum Gasteiger partial charge on any atom is 0.305 e. The van der Waals surface area contributed by atoms with E-state index < -0.39 is 11.9 Å². The highest BCUT2D eigenvalue weighted by Crippen LogP contribution is 2.32. The van der Waals surface area contributed by atoms with Crippen LogP contribution >= 0.6 is 0 Å². The predicted molar refractivity (Wildman–Crippen MR) is 96.5 cm³/mol. The molecule has 1 aromatic rings. The van der Waals surface area contributed by atoms with Gasteiger partial charge in [-0.1, -0.05) is 32.1 Å². The maximum absolute atomic E-state index is 11.9. The number of carbonyl (C=O) groups is 2. The number of methoxy groups -OCH3 is 1. The Morgan fingerprint density at radius 2 is 1.92 bits per heavy atom. The molecular weight excluding hydrogens is 322 g/mol. The minimum absolute atomic E-state index is 0.0861. The van der Waals surface area contributed by atoms with E-state index in [4.69, 9.17) is 0 Å². The fourth-order valence-electron chi connectivity index (χ4n) is 2.01. The van der Waals surface area contributed by atoms with Gasteiger partial charge in [0.05, 0.1) is 12.8 Å². The quantitative estimate of drug-likeness (QED) is 0.220. The third-order valence-corrected chi connectivity index (χ3v) is 3.38. The van der Waals surface area contributed by atoms with Crippen molar-refractivity contribution in [3.8, 4) is 11.5 Å². The largest absolute Gasteiger partial charge is 0.508 e. The molecule has 0 fully saturated rings. The molecule has 0 aromatic heterocycles. The van der Waals surface area contributed by atoms with Gasteiger partial charge in [0.15, 0.2) is 0 Å². The number of phenolic OH excluding ortho intramolecular Hbond substituents is 2. The van der Waals surface area contributed by atoms with Crippen LogP contribution in [-0.4, -0.2) is 29.2 Å². The molecule has 0 aliphatic carbocycles. The Bertz CT molecular complexity index is 662. The molecule has 0 saturated carbocycles. The van der Waals surface area contributed by atoms with Crippen molar-refractivity contribution in [1.29, 1.82) is 0 Å². The molecule has 0 bridgehead atoms. The molecule has 0 aliphatic heterocycles. The summed E-state index contributed by atoms with van der Waals surface area (Å²) in [5.74, 6) is -0.665. The monoisotopic (exact) mass is 347 g/mol. The number of hydrogen-bond acceptors (Lipinski definition) is 5. The van der Waals surface area contributed by atoms with Crippen molar-refractivity contribution in [3.63, 3.8) is 0 Å². The summed E-state index contributed by atoms with van der Waals surface area (Å²) in [4.78, 5) is 23.1. The third-order valence-electron chi connectivity index (χ3n) is 3.38.